The van der Waals surface area contributed by atoms with Crippen molar-refractivity contribution in [2.45, 2.75) is 56.6 Å². The van der Waals surface area contributed by atoms with Crippen molar-refractivity contribution in [1.82, 2.24) is 0 Å². The second kappa shape index (κ2) is 12.1. The van der Waals surface area contributed by atoms with Crippen molar-refractivity contribution < 1.29 is 38.3 Å². The molecule has 2 aromatic rings. The topological polar surface area (TPSA) is 84.8 Å². The molecule has 2 fully saturated rings. The van der Waals surface area contributed by atoms with Gasteiger partial charge >= 0.3 is 0 Å². The Hall–Kier alpha value is -2.04. The van der Waals surface area contributed by atoms with E-state index in [0.29, 0.717) is 19.6 Å². The van der Waals surface area contributed by atoms with E-state index in [0.717, 1.165) is 16.9 Å². The number of methoxy groups -OCH3 is 3. The summed E-state index contributed by atoms with van der Waals surface area (Å²) in [5.74, 6) is 0.593. The molecule has 0 unspecified atom stereocenters. The first-order valence-electron chi connectivity index (χ1n) is 11.5. The zero-order chi connectivity index (χ0) is 23.9. The molecule has 1 saturated carbocycles. The van der Waals surface area contributed by atoms with Crippen LogP contribution in [0, 0.1) is 5.92 Å². The third kappa shape index (κ3) is 5.78. The Morgan fingerprint density at radius 3 is 2.03 bits per heavy atom. The fourth-order valence-electron chi connectivity index (χ4n) is 4.58. The summed E-state index contributed by atoms with van der Waals surface area (Å²) < 4.78 is 41.4. The number of rotatable bonds is 10. The highest BCUT2D eigenvalue weighted by atomic mass is 16.8. The minimum Gasteiger partial charge on any atom is -0.497 e. The lowest BCUT2D eigenvalue weighted by atomic mass is 9.80. The van der Waals surface area contributed by atoms with Gasteiger partial charge in [-0.3, -0.25) is 0 Å². The van der Waals surface area contributed by atoms with Gasteiger partial charge in [0.05, 0.1) is 32.5 Å². The van der Waals surface area contributed by atoms with Gasteiger partial charge in [-0.2, -0.15) is 0 Å². The van der Waals surface area contributed by atoms with Gasteiger partial charge in [0.15, 0.2) is 0 Å². The third-order valence-electron chi connectivity index (χ3n) is 6.43. The fourth-order valence-corrected chi connectivity index (χ4v) is 4.58. The summed E-state index contributed by atoms with van der Waals surface area (Å²) >= 11 is 0. The lowest BCUT2D eigenvalue weighted by Crippen LogP contribution is -2.64. The van der Waals surface area contributed by atoms with Gasteiger partial charge in [-0.05, 0) is 29.7 Å². The summed E-state index contributed by atoms with van der Waals surface area (Å²) in [5, 5.41) is 10.1. The molecule has 2 aliphatic rings. The summed E-state index contributed by atoms with van der Waals surface area (Å²) in [5.41, 5.74) is 2.06. The van der Waals surface area contributed by atoms with E-state index in [1.54, 1.807) is 21.3 Å². The van der Waals surface area contributed by atoms with Crippen molar-refractivity contribution in [1.29, 1.82) is 0 Å². The molecule has 1 aliphatic carbocycles. The monoisotopic (exact) mass is 474 g/mol. The van der Waals surface area contributed by atoms with Crippen LogP contribution in [0.15, 0.2) is 54.6 Å². The van der Waals surface area contributed by atoms with E-state index in [9.17, 15) is 5.11 Å². The first-order valence-corrected chi connectivity index (χ1v) is 11.5. The second-order valence-electron chi connectivity index (χ2n) is 8.55. The molecule has 1 saturated heterocycles. The molecule has 0 radical (unpaired) electrons. The maximum absolute atomic E-state index is 10.1. The van der Waals surface area contributed by atoms with Gasteiger partial charge in [-0.25, -0.2) is 0 Å². The molecule has 7 atom stereocenters. The van der Waals surface area contributed by atoms with E-state index in [1.807, 2.05) is 54.6 Å². The quantitative estimate of drug-likeness (QED) is 0.563. The van der Waals surface area contributed by atoms with Crippen molar-refractivity contribution in [3.8, 4) is 5.75 Å². The normalized spacial score (nSPS) is 31.1. The predicted molar refractivity (Wildman–Crippen MR) is 123 cm³/mol. The minimum absolute atomic E-state index is 0.0605. The Bertz CT molecular complexity index is 861. The summed E-state index contributed by atoms with van der Waals surface area (Å²) in [7, 11) is 4.73. The van der Waals surface area contributed by atoms with Crippen LogP contribution in [-0.4, -0.2) is 70.0 Å². The van der Waals surface area contributed by atoms with Crippen LogP contribution in [0.5, 0.6) is 5.75 Å². The number of aliphatic hydroxyl groups excluding tert-OH is 1. The average Bonchev–Trinajstić information content (AvgIpc) is 2.90. The van der Waals surface area contributed by atoms with Crippen molar-refractivity contribution in [3.05, 3.63) is 65.7 Å². The van der Waals surface area contributed by atoms with E-state index in [2.05, 4.69) is 0 Å². The van der Waals surface area contributed by atoms with E-state index in [1.165, 1.54) is 0 Å². The van der Waals surface area contributed by atoms with E-state index in [4.69, 9.17) is 33.2 Å². The van der Waals surface area contributed by atoms with Gasteiger partial charge in [0.25, 0.3) is 0 Å². The third-order valence-corrected chi connectivity index (χ3v) is 6.43. The van der Waals surface area contributed by atoms with Crippen LogP contribution in [0.4, 0.5) is 0 Å². The standard InChI is InChI=1S/C26H34O8/c1-28-20-11-9-18(10-12-20)16-32-23-21(31-15-17-7-5-4-6-8-17)13-19(14-27)22-24(23)34-26(30-3)25(29-2)33-22/h4-12,19,21-27H,13-16H2,1-3H3/t19-,21+,22+,23-,24-,25+,26+/m1/s1. The molecular formula is C26H34O8. The van der Waals surface area contributed by atoms with Gasteiger partial charge < -0.3 is 38.3 Å². The number of aliphatic hydroxyl groups is 1. The fraction of sp³-hybridized carbons (Fsp3) is 0.538. The second-order valence-corrected chi connectivity index (χ2v) is 8.55. The molecule has 1 heterocycles. The molecule has 34 heavy (non-hydrogen) atoms. The van der Waals surface area contributed by atoms with E-state index >= 15 is 0 Å². The van der Waals surface area contributed by atoms with Crippen LogP contribution in [0.1, 0.15) is 17.5 Å². The molecule has 0 spiro atoms. The Labute approximate surface area is 200 Å². The highest BCUT2D eigenvalue weighted by molar-refractivity contribution is 5.26. The SMILES string of the molecule is COc1ccc(CO[C@H]2[C@@H]3O[C@H](OC)[C@@H](OC)O[C@H]3[C@@H](CO)C[C@@H]2OCc2ccccc2)cc1. The Kier molecular flexibility index (Phi) is 8.91. The molecule has 4 rings (SSSR count). The van der Waals surface area contributed by atoms with Gasteiger partial charge in [-0.1, -0.05) is 42.5 Å². The van der Waals surface area contributed by atoms with Gasteiger partial charge in [0, 0.05) is 26.7 Å². The van der Waals surface area contributed by atoms with Crippen molar-refractivity contribution >= 4 is 0 Å². The summed E-state index contributed by atoms with van der Waals surface area (Å²) in [6.07, 6.45) is -2.50. The summed E-state index contributed by atoms with van der Waals surface area (Å²) in [6.45, 7) is 0.731. The van der Waals surface area contributed by atoms with Gasteiger partial charge in [0.1, 0.15) is 18.0 Å². The summed E-state index contributed by atoms with van der Waals surface area (Å²) in [4.78, 5) is 0. The number of fused-ring (bicyclic) bond motifs is 1. The van der Waals surface area contributed by atoms with Gasteiger partial charge in [0.2, 0.25) is 12.6 Å². The smallest absolute Gasteiger partial charge is 0.209 e. The highest BCUT2D eigenvalue weighted by Gasteiger charge is 2.53. The first kappa shape index (κ1) is 25.1. The van der Waals surface area contributed by atoms with Gasteiger partial charge in [-0.15, -0.1) is 0 Å². The molecule has 0 amide bonds. The van der Waals surface area contributed by atoms with Crippen LogP contribution in [0.25, 0.3) is 0 Å². The highest BCUT2D eigenvalue weighted by Crippen LogP contribution is 2.39. The van der Waals surface area contributed by atoms with Crippen molar-refractivity contribution in [2.24, 2.45) is 5.92 Å². The zero-order valence-electron chi connectivity index (χ0n) is 19.9. The molecule has 0 bridgehead atoms. The van der Waals surface area contributed by atoms with Crippen molar-refractivity contribution in [3.63, 3.8) is 0 Å². The Morgan fingerprint density at radius 2 is 1.41 bits per heavy atom. The van der Waals surface area contributed by atoms with Crippen LogP contribution >= 0.6 is 0 Å². The van der Waals surface area contributed by atoms with E-state index < -0.39 is 30.9 Å². The molecule has 8 nitrogen and oxygen atoms in total. The van der Waals surface area contributed by atoms with Crippen LogP contribution in [0.3, 0.4) is 0 Å². The summed E-state index contributed by atoms with van der Waals surface area (Å²) in [6, 6.07) is 17.7. The lowest BCUT2D eigenvalue weighted by molar-refractivity contribution is -0.384. The molecule has 2 aromatic carbocycles. The maximum Gasteiger partial charge on any atom is 0.209 e. The average molecular weight is 475 g/mol. The van der Waals surface area contributed by atoms with E-state index in [-0.39, 0.29) is 18.6 Å². The molecule has 186 valence electrons. The Balaban J connectivity index is 1.54. The molecular weight excluding hydrogens is 440 g/mol. The van der Waals surface area contributed by atoms with Crippen molar-refractivity contribution in [2.75, 3.05) is 27.9 Å². The first-order chi connectivity index (χ1) is 16.7. The number of benzene rings is 2. The van der Waals surface area contributed by atoms with Crippen LogP contribution in [0.2, 0.25) is 0 Å². The van der Waals surface area contributed by atoms with Crippen LogP contribution < -0.4 is 4.74 Å². The number of hydrogen-bond acceptors (Lipinski definition) is 8. The van der Waals surface area contributed by atoms with Crippen LogP contribution in [-0.2, 0) is 41.6 Å². The Morgan fingerprint density at radius 1 is 0.794 bits per heavy atom. The number of hydrogen-bond donors (Lipinski definition) is 1. The zero-order valence-corrected chi connectivity index (χ0v) is 19.9. The number of ether oxygens (including phenoxy) is 7. The molecule has 8 heteroatoms. The lowest BCUT2D eigenvalue weighted by Gasteiger charge is -2.50. The maximum atomic E-state index is 10.1. The molecule has 0 aromatic heterocycles. The predicted octanol–water partition coefficient (Wildman–Crippen LogP) is 2.91. The molecule has 1 aliphatic heterocycles. The largest absolute Gasteiger partial charge is 0.497 e. The minimum atomic E-state index is -0.717. The molecule has 1 N–H and O–H groups in total.